The number of rotatable bonds is 2. The first kappa shape index (κ1) is 12.2. The number of nitrogen functional groups attached to an aromatic ring is 1. The Kier molecular flexibility index (Phi) is 2.55. The predicted molar refractivity (Wildman–Crippen MR) is 82.7 cm³/mol. The van der Waals surface area contributed by atoms with Gasteiger partial charge in [0.25, 0.3) is 0 Å². The Morgan fingerprint density at radius 3 is 2.65 bits per heavy atom. The summed E-state index contributed by atoms with van der Waals surface area (Å²) in [6.45, 7) is 2.03. The standard InChI is InChI=1S/C17H17NOS/c1-9-2-4-10(5-3-9)15(19)14-13-11-6-7-12(8-11)16(13)20-17(14)18/h2-5,11-12H,6-8,18H2,1H3/t11-,12+/m1/s1. The monoisotopic (exact) mass is 283 g/mol. The van der Waals surface area contributed by atoms with E-state index in [-0.39, 0.29) is 5.78 Å². The van der Waals surface area contributed by atoms with Gasteiger partial charge in [-0.15, -0.1) is 11.3 Å². The minimum absolute atomic E-state index is 0.104. The number of hydrogen-bond acceptors (Lipinski definition) is 3. The van der Waals surface area contributed by atoms with Crippen molar-refractivity contribution in [1.82, 2.24) is 0 Å². The lowest BCUT2D eigenvalue weighted by Gasteiger charge is -2.12. The second-order valence-electron chi connectivity index (χ2n) is 6.02. The Morgan fingerprint density at radius 2 is 1.90 bits per heavy atom. The van der Waals surface area contributed by atoms with Gasteiger partial charge in [-0.05, 0) is 43.6 Å². The topological polar surface area (TPSA) is 43.1 Å². The van der Waals surface area contributed by atoms with Gasteiger partial charge in [0.1, 0.15) is 0 Å². The minimum atomic E-state index is 0.104. The molecule has 4 rings (SSSR count). The SMILES string of the molecule is Cc1ccc(C(=O)c2c(N)sc3c2[C@@H]2CC[C@H]3C2)cc1. The van der Waals surface area contributed by atoms with E-state index >= 15 is 0 Å². The summed E-state index contributed by atoms with van der Waals surface area (Å²) in [5, 5.41) is 0.720. The van der Waals surface area contributed by atoms with Crippen molar-refractivity contribution in [3.05, 3.63) is 51.4 Å². The summed E-state index contributed by atoms with van der Waals surface area (Å²) in [6.07, 6.45) is 3.73. The smallest absolute Gasteiger partial charge is 0.196 e. The summed E-state index contributed by atoms with van der Waals surface area (Å²) < 4.78 is 0. The zero-order chi connectivity index (χ0) is 13.9. The number of hydrogen-bond donors (Lipinski definition) is 1. The van der Waals surface area contributed by atoms with Gasteiger partial charge in [0.05, 0.1) is 10.6 Å². The highest BCUT2D eigenvalue weighted by Gasteiger charge is 2.42. The molecule has 0 spiro atoms. The summed E-state index contributed by atoms with van der Waals surface area (Å²) in [7, 11) is 0. The molecule has 2 aliphatic carbocycles. The van der Waals surface area contributed by atoms with Gasteiger partial charge in [-0.1, -0.05) is 29.8 Å². The molecule has 3 heteroatoms. The summed E-state index contributed by atoms with van der Waals surface area (Å²) in [5.41, 5.74) is 10.2. The van der Waals surface area contributed by atoms with Gasteiger partial charge in [-0.3, -0.25) is 4.79 Å². The number of anilines is 1. The molecule has 2 atom stereocenters. The molecule has 0 saturated heterocycles. The molecule has 1 saturated carbocycles. The largest absolute Gasteiger partial charge is 0.390 e. The first-order valence-electron chi connectivity index (χ1n) is 7.18. The van der Waals surface area contributed by atoms with E-state index in [1.165, 1.54) is 35.3 Å². The van der Waals surface area contributed by atoms with Crippen LogP contribution in [0.25, 0.3) is 0 Å². The third kappa shape index (κ3) is 1.59. The first-order valence-corrected chi connectivity index (χ1v) is 8.00. The van der Waals surface area contributed by atoms with Crippen LogP contribution in [0.15, 0.2) is 24.3 Å². The lowest BCUT2D eigenvalue weighted by Crippen LogP contribution is -2.08. The van der Waals surface area contributed by atoms with E-state index in [9.17, 15) is 4.79 Å². The van der Waals surface area contributed by atoms with Crippen LogP contribution in [-0.4, -0.2) is 5.78 Å². The van der Waals surface area contributed by atoms with Crippen LogP contribution in [0, 0.1) is 6.92 Å². The number of ketones is 1. The lowest BCUT2D eigenvalue weighted by molar-refractivity contribution is 0.103. The van der Waals surface area contributed by atoms with Gasteiger partial charge in [0.2, 0.25) is 0 Å². The van der Waals surface area contributed by atoms with E-state index in [0.717, 1.165) is 16.1 Å². The van der Waals surface area contributed by atoms with Crippen LogP contribution in [0.4, 0.5) is 5.00 Å². The molecule has 2 bridgehead atoms. The van der Waals surface area contributed by atoms with Crippen molar-refractivity contribution in [3.63, 3.8) is 0 Å². The first-order chi connectivity index (χ1) is 9.65. The third-order valence-corrected chi connectivity index (χ3v) is 5.95. The minimum Gasteiger partial charge on any atom is -0.390 e. The number of carbonyl (C=O) groups excluding carboxylic acids is 1. The van der Waals surface area contributed by atoms with Crippen molar-refractivity contribution in [3.8, 4) is 0 Å². The van der Waals surface area contributed by atoms with Crippen molar-refractivity contribution >= 4 is 22.1 Å². The average molecular weight is 283 g/mol. The highest BCUT2D eigenvalue weighted by Crippen LogP contribution is 2.58. The number of benzene rings is 1. The van der Waals surface area contributed by atoms with E-state index in [1.807, 2.05) is 31.2 Å². The van der Waals surface area contributed by atoms with Gasteiger partial charge in [0, 0.05) is 10.4 Å². The van der Waals surface area contributed by atoms with Crippen molar-refractivity contribution in [2.45, 2.75) is 38.0 Å². The van der Waals surface area contributed by atoms with Crippen molar-refractivity contribution in [2.24, 2.45) is 0 Å². The van der Waals surface area contributed by atoms with Crippen molar-refractivity contribution < 1.29 is 4.79 Å². The van der Waals surface area contributed by atoms with Crippen molar-refractivity contribution in [1.29, 1.82) is 0 Å². The zero-order valence-corrected chi connectivity index (χ0v) is 12.3. The van der Waals surface area contributed by atoms with Crippen LogP contribution in [-0.2, 0) is 0 Å². The maximum absolute atomic E-state index is 12.8. The number of nitrogens with two attached hydrogens (primary N) is 1. The molecule has 2 nitrogen and oxygen atoms in total. The third-order valence-electron chi connectivity index (χ3n) is 4.75. The van der Waals surface area contributed by atoms with Gasteiger partial charge in [-0.2, -0.15) is 0 Å². The molecule has 1 aromatic carbocycles. The van der Waals surface area contributed by atoms with Crippen LogP contribution < -0.4 is 5.73 Å². The normalized spacial score (nSPS) is 23.1. The Labute approximate surface area is 122 Å². The number of fused-ring (bicyclic) bond motifs is 5. The maximum Gasteiger partial charge on any atom is 0.196 e. The van der Waals surface area contributed by atoms with E-state index in [2.05, 4.69) is 0 Å². The zero-order valence-electron chi connectivity index (χ0n) is 11.5. The Hall–Kier alpha value is -1.61. The van der Waals surface area contributed by atoms with E-state index in [4.69, 9.17) is 5.73 Å². The number of carbonyl (C=O) groups is 1. The molecule has 2 aromatic rings. The molecular formula is C17H17NOS. The van der Waals surface area contributed by atoms with Gasteiger partial charge >= 0.3 is 0 Å². The molecule has 0 unspecified atom stereocenters. The molecular weight excluding hydrogens is 266 g/mol. The Bertz CT molecular complexity index is 699. The summed E-state index contributed by atoms with van der Waals surface area (Å²) in [5.74, 6) is 1.35. The number of aryl methyl sites for hydroxylation is 1. The van der Waals surface area contributed by atoms with Gasteiger partial charge < -0.3 is 5.73 Å². The molecule has 0 aliphatic heterocycles. The molecule has 1 heterocycles. The fraction of sp³-hybridized carbons (Fsp3) is 0.353. The highest BCUT2D eigenvalue weighted by atomic mass is 32.1. The Balaban J connectivity index is 1.82. The van der Waals surface area contributed by atoms with Gasteiger partial charge in [-0.25, -0.2) is 0 Å². The molecule has 20 heavy (non-hydrogen) atoms. The quantitative estimate of drug-likeness (QED) is 0.838. The van der Waals surface area contributed by atoms with Crippen molar-refractivity contribution in [2.75, 3.05) is 5.73 Å². The Morgan fingerprint density at radius 1 is 1.20 bits per heavy atom. The fourth-order valence-corrected chi connectivity index (χ4v) is 5.06. The molecule has 0 amide bonds. The summed E-state index contributed by atoms with van der Waals surface area (Å²) in [4.78, 5) is 14.2. The van der Waals surface area contributed by atoms with E-state index < -0.39 is 0 Å². The molecule has 2 N–H and O–H groups in total. The van der Waals surface area contributed by atoms with Gasteiger partial charge in [0.15, 0.2) is 5.78 Å². The molecule has 1 fully saturated rings. The molecule has 102 valence electrons. The maximum atomic E-state index is 12.8. The lowest BCUT2D eigenvalue weighted by atomic mass is 9.91. The van der Waals surface area contributed by atoms with Crippen LogP contribution >= 0.6 is 11.3 Å². The van der Waals surface area contributed by atoms with Crippen LogP contribution in [0.1, 0.15) is 63.0 Å². The highest BCUT2D eigenvalue weighted by molar-refractivity contribution is 7.16. The molecule has 1 aromatic heterocycles. The van der Waals surface area contributed by atoms with E-state index in [0.29, 0.717) is 11.8 Å². The fourth-order valence-electron chi connectivity index (χ4n) is 3.75. The summed E-state index contributed by atoms with van der Waals surface area (Å²) >= 11 is 1.65. The molecule has 2 aliphatic rings. The second-order valence-corrected chi connectivity index (χ2v) is 7.11. The average Bonchev–Trinajstić information content (AvgIpc) is 3.09. The number of thiophene rings is 1. The van der Waals surface area contributed by atoms with Crippen LogP contribution in [0.2, 0.25) is 0 Å². The summed E-state index contributed by atoms with van der Waals surface area (Å²) in [6, 6.07) is 7.80. The van der Waals surface area contributed by atoms with Crippen LogP contribution in [0.3, 0.4) is 0 Å². The predicted octanol–water partition coefficient (Wildman–Crippen LogP) is 4.23. The van der Waals surface area contributed by atoms with Crippen LogP contribution in [0.5, 0.6) is 0 Å². The second kappa shape index (κ2) is 4.19. The molecule has 0 radical (unpaired) electrons. The van der Waals surface area contributed by atoms with E-state index in [1.54, 1.807) is 11.3 Å².